The Kier molecular flexibility index (Phi) is 9.29. The van der Waals surface area contributed by atoms with Crippen LogP contribution in [0.1, 0.15) is 11.1 Å². The molecule has 0 saturated carbocycles. The van der Waals surface area contributed by atoms with Gasteiger partial charge in [-0.2, -0.15) is 5.26 Å². The molecule has 310 valence electrons. The Balaban J connectivity index is 0.971. The lowest BCUT2D eigenvalue weighted by Crippen LogP contribution is -2.12. The standard InChI is InChI=1S/C61H39N3O2/c1-2-3-13-40-20-22-44-36-47(24-23-43(44)34-40)64(55-31-21-41(39-62)35-54(55)42-14-7-4-8-15-42)49-26-28-51-53-30-32-56-60-52(29-33-57(61(53)60)66-59(51)38-49)50-27-25-48(37-58(50)65-56)63(45-16-9-5-10-17-45)46-18-11-6-12-19-46/h2-38H,1H2. The Labute approximate surface area is 383 Å². The number of fused-ring (bicyclic) bond motifs is 5. The summed E-state index contributed by atoms with van der Waals surface area (Å²) in [7, 11) is 0. The van der Waals surface area contributed by atoms with E-state index in [0.717, 1.165) is 118 Å². The lowest BCUT2D eigenvalue weighted by Gasteiger charge is -2.31. The molecule has 12 rings (SSSR count). The maximum atomic E-state index is 10.1. The first kappa shape index (κ1) is 38.6. The zero-order valence-corrected chi connectivity index (χ0v) is 35.7. The summed E-state index contributed by atoms with van der Waals surface area (Å²) in [5.41, 5.74) is 13.9. The molecule has 0 bridgehead atoms. The van der Waals surface area contributed by atoms with Crippen LogP contribution in [0.15, 0.2) is 225 Å². The number of ether oxygens (including phenoxy) is 2. The Morgan fingerprint density at radius 3 is 1.56 bits per heavy atom. The van der Waals surface area contributed by atoms with Crippen molar-refractivity contribution in [1.82, 2.24) is 0 Å². The number of rotatable bonds is 9. The average molecular weight is 846 g/mol. The minimum absolute atomic E-state index is 0.593. The number of allylic oxidation sites excluding steroid dienone is 2. The molecule has 5 nitrogen and oxygen atoms in total. The minimum atomic E-state index is 0.593. The van der Waals surface area contributed by atoms with Gasteiger partial charge in [0.05, 0.1) is 17.3 Å². The summed E-state index contributed by atoms with van der Waals surface area (Å²) >= 11 is 0. The van der Waals surface area contributed by atoms with Crippen LogP contribution >= 0.6 is 0 Å². The monoisotopic (exact) mass is 845 g/mol. The number of benzene rings is 10. The number of nitriles is 1. The summed E-state index contributed by atoms with van der Waals surface area (Å²) in [6, 6.07) is 73.9. The number of hydrogen-bond donors (Lipinski definition) is 0. The molecule has 0 aliphatic carbocycles. The second-order valence-electron chi connectivity index (χ2n) is 16.5. The second kappa shape index (κ2) is 15.9. The van der Waals surface area contributed by atoms with Gasteiger partial charge in [0.15, 0.2) is 0 Å². The molecule has 0 aromatic heterocycles. The van der Waals surface area contributed by atoms with Gasteiger partial charge in [0, 0.05) is 68.0 Å². The van der Waals surface area contributed by atoms with E-state index in [4.69, 9.17) is 9.47 Å². The topological polar surface area (TPSA) is 48.7 Å². The molecule has 2 heterocycles. The number of para-hydroxylation sites is 2. The fourth-order valence-electron chi connectivity index (χ4n) is 9.55. The van der Waals surface area contributed by atoms with Crippen LogP contribution < -0.4 is 19.3 Å². The molecule has 0 fully saturated rings. The van der Waals surface area contributed by atoms with Gasteiger partial charge in [-0.1, -0.05) is 110 Å². The molecule has 0 saturated heterocycles. The third-order valence-electron chi connectivity index (χ3n) is 12.6. The molecular weight excluding hydrogens is 807 g/mol. The molecule has 0 unspecified atom stereocenters. The Morgan fingerprint density at radius 1 is 0.424 bits per heavy atom. The molecule has 0 N–H and O–H groups in total. The van der Waals surface area contributed by atoms with E-state index < -0.39 is 0 Å². The van der Waals surface area contributed by atoms with Gasteiger partial charge in [0.1, 0.15) is 23.0 Å². The molecular formula is C61H39N3O2. The summed E-state index contributed by atoms with van der Waals surface area (Å²) in [6.07, 6.45) is 5.80. The first-order chi connectivity index (χ1) is 32.6. The van der Waals surface area contributed by atoms with Gasteiger partial charge in [0.25, 0.3) is 0 Å². The van der Waals surface area contributed by atoms with Gasteiger partial charge in [-0.15, -0.1) is 0 Å². The lowest BCUT2D eigenvalue weighted by atomic mass is 9.88. The maximum Gasteiger partial charge on any atom is 0.137 e. The van der Waals surface area contributed by atoms with Crippen LogP contribution in [0.5, 0.6) is 23.0 Å². The zero-order valence-electron chi connectivity index (χ0n) is 35.7. The summed E-state index contributed by atoms with van der Waals surface area (Å²) in [5.74, 6) is 3.13. The van der Waals surface area contributed by atoms with E-state index >= 15 is 0 Å². The van der Waals surface area contributed by atoms with Crippen molar-refractivity contribution in [2.45, 2.75) is 0 Å². The van der Waals surface area contributed by atoms with E-state index in [0.29, 0.717) is 5.56 Å². The number of hydrogen-bond acceptors (Lipinski definition) is 5. The minimum Gasteiger partial charge on any atom is -0.456 e. The van der Waals surface area contributed by atoms with Crippen molar-refractivity contribution in [2.75, 3.05) is 9.80 Å². The van der Waals surface area contributed by atoms with E-state index in [1.54, 1.807) is 6.08 Å². The third kappa shape index (κ3) is 6.56. The largest absolute Gasteiger partial charge is 0.456 e. The van der Waals surface area contributed by atoms with Crippen LogP contribution in [-0.2, 0) is 0 Å². The molecule has 2 aliphatic rings. The molecule has 0 amide bonds. The van der Waals surface area contributed by atoms with Crippen LogP contribution in [0.25, 0.3) is 61.0 Å². The fraction of sp³-hybridized carbons (Fsp3) is 0. The molecule has 10 aromatic rings. The van der Waals surface area contributed by atoms with Crippen molar-refractivity contribution in [3.05, 3.63) is 236 Å². The summed E-state index contributed by atoms with van der Waals surface area (Å²) in [6.45, 7) is 3.83. The molecule has 0 spiro atoms. The second-order valence-corrected chi connectivity index (χ2v) is 16.5. The van der Waals surface area contributed by atoms with Gasteiger partial charge in [-0.25, -0.2) is 0 Å². The molecule has 0 atom stereocenters. The van der Waals surface area contributed by atoms with Crippen molar-refractivity contribution in [2.24, 2.45) is 0 Å². The van der Waals surface area contributed by atoms with Crippen LogP contribution in [-0.4, -0.2) is 0 Å². The van der Waals surface area contributed by atoms with Gasteiger partial charge in [-0.3, -0.25) is 0 Å². The number of anilines is 6. The van der Waals surface area contributed by atoms with E-state index in [1.807, 2.05) is 54.6 Å². The predicted molar refractivity (Wildman–Crippen MR) is 271 cm³/mol. The third-order valence-corrected chi connectivity index (χ3v) is 12.6. The highest BCUT2D eigenvalue weighted by atomic mass is 16.5. The van der Waals surface area contributed by atoms with Crippen LogP contribution in [0.2, 0.25) is 0 Å². The van der Waals surface area contributed by atoms with Gasteiger partial charge in [-0.05, 0) is 142 Å². The summed E-state index contributed by atoms with van der Waals surface area (Å²) in [5, 5.41) is 14.4. The Morgan fingerprint density at radius 2 is 0.955 bits per heavy atom. The van der Waals surface area contributed by atoms with Crippen molar-refractivity contribution >= 4 is 61.7 Å². The van der Waals surface area contributed by atoms with Gasteiger partial charge in [0.2, 0.25) is 0 Å². The van der Waals surface area contributed by atoms with E-state index in [1.165, 1.54) is 0 Å². The molecule has 10 aromatic carbocycles. The molecule has 2 aliphatic heterocycles. The van der Waals surface area contributed by atoms with Crippen molar-refractivity contribution < 1.29 is 9.47 Å². The Bertz CT molecular complexity index is 3590. The van der Waals surface area contributed by atoms with E-state index in [-0.39, 0.29) is 0 Å². The van der Waals surface area contributed by atoms with Crippen molar-refractivity contribution in [3.63, 3.8) is 0 Å². The van der Waals surface area contributed by atoms with Crippen LogP contribution in [0.3, 0.4) is 0 Å². The highest BCUT2D eigenvalue weighted by Crippen LogP contribution is 2.56. The average Bonchev–Trinajstić information content (AvgIpc) is 3.37. The molecule has 66 heavy (non-hydrogen) atoms. The highest BCUT2D eigenvalue weighted by Gasteiger charge is 2.30. The Hall–Kier alpha value is -9.11. The SMILES string of the molecule is C=CC=Cc1ccc2cc(N(c3ccc4c(c3)Oc3ccc5c6c(ccc-4c36)Oc3cc(N(c4ccccc4)c4ccccc4)ccc3-5)c3ccc(C#N)cc3-c3ccccc3)ccc2c1. The molecule has 5 heteroatoms. The smallest absolute Gasteiger partial charge is 0.137 e. The van der Waals surface area contributed by atoms with Crippen LogP contribution in [0, 0.1) is 11.3 Å². The van der Waals surface area contributed by atoms with Gasteiger partial charge < -0.3 is 19.3 Å². The first-order valence-electron chi connectivity index (χ1n) is 22.0. The quantitative estimate of drug-likeness (QED) is 0.135. The van der Waals surface area contributed by atoms with Crippen LogP contribution in [0.4, 0.5) is 34.1 Å². The fourth-order valence-corrected chi connectivity index (χ4v) is 9.55. The highest BCUT2D eigenvalue weighted by molar-refractivity contribution is 6.14. The zero-order chi connectivity index (χ0) is 44.1. The van der Waals surface area contributed by atoms with Crippen molar-refractivity contribution in [3.8, 4) is 62.4 Å². The van der Waals surface area contributed by atoms with E-state index in [2.05, 4.69) is 186 Å². The van der Waals surface area contributed by atoms with Crippen molar-refractivity contribution in [1.29, 1.82) is 5.26 Å². The maximum absolute atomic E-state index is 10.1. The lowest BCUT2D eigenvalue weighted by molar-refractivity contribution is 0.480. The molecule has 0 radical (unpaired) electrons. The predicted octanol–water partition coefficient (Wildman–Crippen LogP) is 17.2. The summed E-state index contributed by atoms with van der Waals surface area (Å²) in [4.78, 5) is 4.52. The number of nitrogens with zero attached hydrogens (tertiary/aromatic N) is 3. The summed E-state index contributed by atoms with van der Waals surface area (Å²) < 4.78 is 13.8. The van der Waals surface area contributed by atoms with E-state index in [9.17, 15) is 5.26 Å². The first-order valence-corrected chi connectivity index (χ1v) is 22.0. The normalized spacial score (nSPS) is 11.9. The van der Waals surface area contributed by atoms with Gasteiger partial charge >= 0.3 is 0 Å².